The second-order valence-corrected chi connectivity index (χ2v) is 5.93. The Labute approximate surface area is 117 Å². The van der Waals surface area contributed by atoms with Crippen molar-refractivity contribution in [1.29, 1.82) is 0 Å². The lowest BCUT2D eigenvalue weighted by Crippen LogP contribution is -2.39. The number of rotatable bonds is 5. The van der Waals surface area contributed by atoms with Crippen LogP contribution < -0.4 is 0 Å². The minimum absolute atomic E-state index is 0.0117. The first-order chi connectivity index (χ1) is 9.20. The van der Waals surface area contributed by atoms with Gasteiger partial charge in [0.2, 0.25) is 0 Å². The van der Waals surface area contributed by atoms with E-state index in [-0.39, 0.29) is 11.9 Å². The summed E-state index contributed by atoms with van der Waals surface area (Å²) in [5, 5.41) is 0. The Bertz CT molecular complexity index is 288. The molecule has 2 aliphatic heterocycles. The van der Waals surface area contributed by atoms with Crippen molar-refractivity contribution in [3.63, 3.8) is 0 Å². The van der Waals surface area contributed by atoms with Crippen molar-refractivity contribution in [2.45, 2.75) is 45.1 Å². The lowest BCUT2D eigenvalue weighted by atomic mass is 9.96. The van der Waals surface area contributed by atoms with Crippen LogP contribution in [0.15, 0.2) is 0 Å². The van der Waals surface area contributed by atoms with Crippen molar-refractivity contribution in [2.75, 3.05) is 39.8 Å². The Morgan fingerprint density at radius 2 is 1.95 bits per heavy atom. The average molecular weight is 268 g/mol. The van der Waals surface area contributed by atoms with Gasteiger partial charge in [0.15, 0.2) is 0 Å². The van der Waals surface area contributed by atoms with Gasteiger partial charge in [-0.2, -0.15) is 0 Å². The monoisotopic (exact) mass is 268 g/mol. The van der Waals surface area contributed by atoms with Crippen molar-refractivity contribution >= 4 is 5.97 Å². The number of ether oxygens (including phenoxy) is 1. The van der Waals surface area contributed by atoms with Gasteiger partial charge in [0.1, 0.15) is 0 Å². The van der Waals surface area contributed by atoms with Gasteiger partial charge in [0.05, 0.1) is 12.5 Å². The first kappa shape index (κ1) is 14.8. The van der Waals surface area contributed by atoms with E-state index in [2.05, 4.69) is 16.8 Å². The fourth-order valence-corrected chi connectivity index (χ4v) is 3.33. The summed E-state index contributed by atoms with van der Waals surface area (Å²) in [5.74, 6) is 0.156. The van der Waals surface area contributed by atoms with Crippen molar-refractivity contribution in [3.05, 3.63) is 0 Å². The highest BCUT2D eigenvalue weighted by Gasteiger charge is 2.27. The molecule has 0 aliphatic carbocycles. The van der Waals surface area contributed by atoms with Crippen molar-refractivity contribution in [1.82, 2.24) is 9.80 Å². The maximum absolute atomic E-state index is 11.7. The van der Waals surface area contributed by atoms with Crippen molar-refractivity contribution in [3.8, 4) is 0 Å². The Kier molecular flexibility index (Phi) is 5.64. The largest absolute Gasteiger partial charge is 0.466 e. The van der Waals surface area contributed by atoms with Crippen LogP contribution in [-0.4, -0.2) is 61.6 Å². The molecule has 0 radical (unpaired) electrons. The van der Waals surface area contributed by atoms with Crippen LogP contribution in [0.2, 0.25) is 0 Å². The SMILES string of the molecule is CCOC(=O)C1CCN(CCC2CCCN2C)CC1. The van der Waals surface area contributed by atoms with E-state index >= 15 is 0 Å². The molecule has 0 bridgehead atoms. The molecule has 0 spiro atoms. The molecular formula is C15H28N2O2. The number of carbonyl (C=O) groups is 1. The van der Waals surface area contributed by atoms with Gasteiger partial charge in [0, 0.05) is 6.04 Å². The number of hydrogen-bond donors (Lipinski definition) is 0. The molecule has 0 aromatic rings. The minimum atomic E-state index is 0.0117. The zero-order valence-corrected chi connectivity index (χ0v) is 12.4. The molecule has 110 valence electrons. The topological polar surface area (TPSA) is 32.8 Å². The van der Waals surface area contributed by atoms with Crippen LogP contribution in [0, 0.1) is 5.92 Å². The zero-order valence-electron chi connectivity index (χ0n) is 12.4. The fraction of sp³-hybridized carbons (Fsp3) is 0.933. The van der Waals surface area contributed by atoms with E-state index in [1.54, 1.807) is 0 Å². The summed E-state index contributed by atoms with van der Waals surface area (Å²) in [7, 11) is 2.24. The molecule has 0 aromatic heterocycles. The lowest BCUT2D eigenvalue weighted by Gasteiger charge is -2.32. The molecule has 0 amide bonds. The van der Waals surface area contributed by atoms with Gasteiger partial charge < -0.3 is 14.5 Å². The molecule has 2 rings (SSSR count). The summed E-state index contributed by atoms with van der Waals surface area (Å²) in [5.41, 5.74) is 0. The Hall–Kier alpha value is -0.610. The molecule has 2 fully saturated rings. The standard InChI is InChI=1S/C15H28N2O2/c1-3-19-15(18)13-6-10-17(11-7-13)12-8-14-5-4-9-16(14)2/h13-14H,3-12H2,1-2H3. The first-order valence-electron chi connectivity index (χ1n) is 7.80. The van der Waals surface area contributed by atoms with Crippen molar-refractivity contribution < 1.29 is 9.53 Å². The van der Waals surface area contributed by atoms with Gasteiger partial charge in [-0.25, -0.2) is 0 Å². The number of hydrogen-bond acceptors (Lipinski definition) is 4. The van der Waals surface area contributed by atoms with E-state index in [0.29, 0.717) is 6.61 Å². The third kappa shape index (κ3) is 4.18. The van der Waals surface area contributed by atoms with Gasteiger partial charge >= 0.3 is 5.97 Å². The van der Waals surface area contributed by atoms with E-state index in [1.165, 1.54) is 32.4 Å². The lowest BCUT2D eigenvalue weighted by molar-refractivity contribution is -0.149. The van der Waals surface area contributed by atoms with Crippen LogP contribution in [-0.2, 0) is 9.53 Å². The van der Waals surface area contributed by atoms with Crippen LogP contribution in [0.3, 0.4) is 0 Å². The molecule has 0 N–H and O–H groups in total. The number of nitrogens with zero attached hydrogens (tertiary/aromatic N) is 2. The Morgan fingerprint density at radius 3 is 2.53 bits per heavy atom. The van der Waals surface area contributed by atoms with Crippen molar-refractivity contribution in [2.24, 2.45) is 5.92 Å². The number of likely N-dealkylation sites (tertiary alicyclic amines) is 2. The van der Waals surface area contributed by atoms with Crippen LogP contribution in [0.4, 0.5) is 0 Å². The third-order valence-electron chi connectivity index (χ3n) is 4.66. The summed E-state index contributed by atoms with van der Waals surface area (Å²) in [4.78, 5) is 16.7. The van der Waals surface area contributed by atoms with Crippen LogP contribution in [0.25, 0.3) is 0 Å². The third-order valence-corrected chi connectivity index (χ3v) is 4.66. The summed E-state index contributed by atoms with van der Waals surface area (Å²) in [6, 6.07) is 0.780. The predicted octanol–water partition coefficient (Wildman–Crippen LogP) is 1.75. The molecule has 4 heteroatoms. The molecule has 4 nitrogen and oxygen atoms in total. The van der Waals surface area contributed by atoms with Gasteiger partial charge in [-0.05, 0) is 72.3 Å². The average Bonchev–Trinajstić information content (AvgIpc) is 2.83. The molecule has 0 saturated carbocycles. The van der Waals surface area contributed by atoms with Gasteiger partial charge in [-0.3, -0.25) is 4.79 Å². The predicted molar refractivity (Wildman–Crippen MR) is 76.1 cm³/mol. The summed E-state index contributed by atoms with van der Waals surface area (Å²) in [6.07, 6.45) is 5.93. The zero-order chi connectivity index (χ0) is 13.7. The molecular weight excluding hydrogens is 240 g/mol. The van der Waals surface area contributed by atoms with Crippen LogP contribution in [0.5, 0.6) is 0 Å². The maximum Gasteiger partial charge on any atom is 0.309 e. The van der Waals surface area contributed by atoms with Crippen LogP contribution in [0.1, 0.15) is 39.0 Å². The molecule has 2 aliphatic rings. The maximum atomic E-state index is 11.7. The highest BCUT2D eigenvalue weighted by atomic mass is 16.5. The Morgan fingerprint density at radius 1 is 1.21 bits per heavy atom. The summed E-state index contributed by atoms with van der Waals surface area (Å²) < 4.78 is 5.11. The summed E-state index contributed by atoms with van der Waals surface area (Å²) >= 11 is 0. The number of carbonyl (C=O) groups excluding carboxylic acids is 1. The van der Waals surface area contributed by atoms with Gasteiger partial charge in [-0.1, -0.05) is 0 Å². The molecule has 0 aromatic carbocycles. The quantitative estimate of drug-likeness (QED) is 0.711. The first-order valence-corrected chi connectivity index (χ1v) is 7.80. The molecule has 2 saturated heterocycles. The van der Waals surface area contributed by atoms with E-state index in [0.717, 1.165) is 32.0 Å². The van der Waals surface area contributed by atoms with E-state index in [1.807, 2.05) is 6.92 Å². The normalized spacial score (nSPS) is 26.7. The number of piperidine rings is 1. The molecule has 19 heavy (non-hydrogen) atoms. The highest BCUT2D eigenvalue weighted by molar-refractivity contribution is 5.72. The molecule has 1 unspecified atom stereocenters. The second kappa shape index (κ2) is 7.25. The van der Waals surface area contributed by atoms with E-state index < -0.39 is 0 Å². The number of esters is 1. The van der Waals surface area contributed by atoms with E-state index in [4.69, 9.17) is 4.74 Å². The Balaban J connectivity index is 1.64. The van der Waals surface area contributed by atoms with Gasteiger partial charge in [-0.15, -0.1) is 0 Å². The molecule has 2 heterocycles. The minimum Gasteiger partial charge on any atom is -0.466 e. The van der Waals surface area contributed by atoms with E-state index in [9.17, 15) is 4.79 Å². The molecule has 1 atom stereocenters. The summed E-state index contributed by atoms with van der Waals surface area (Å²) in [6.45, 7) is 6.94. The second-order valence-electron chi connectivity index (χ2n) is 5.93. The fourth-order valence-electron chi connectivity index (χ4n) is 3.33. The highest BCUT2D eigenvalue weighted by Crippen LogP contribution is 2.21. The van der Waals surface area contributed by atoms with Crippen LogP contribution >= 0.6 is 0 Å². The smallest absolute Gasteiger partial charge is 0.309 e. The van der Waals surface area contributed by atoms with Gasteiger partial charge in [0.25, 0.3) is 0 Å².